The van der Waals surface area contributed by atoms with E-state index >= 15 is 0 Å². The molecular formula is C22H27ClN2O5S2. The van der Waals surface area contributed by atoms with Gasteiger partial charge in [0.05, 0.1) is 9.79 Å². The van der Waals surface area contributed by atoms with Gasteiger partial charge in [-0.3, -0.25) is 4.79 Å². The first-order valence-electron chi connectivity index (χ1n) is 10.5. The van der Waals surface area contributed by atoms with Crippen LogP contribution in [-0.2, 0) is 24.7 Å². The molecule has 3 rings (SSSR count). The van der Waals surface area contributed by atoms with E-state index in [1.54, 1.807) is 6.07 Å². The zero-order valence-corrected chi connectivity index (χ0v) is 20.2. The summed E-state index contributed by atoms with van der Waals surface area (Å²) in [6, 6.07) is 11.6. The van der Waals surface area contributed by atoms with Crippen molar-refractivity contribution in [3.05, 3.63) is 53.6 Å². The molecule has 174 valence electrons. The summed E-state index contributed by atoms with van der Waals surface area (Å²) in [5.74, 6) is -0.654. The second-order valence-electron chi connectivity index (χ2n) is 7.89. The molecule has 0 radical (unpaired) electrons. The van der Waals surface area contributed by atoms with Gasteiger partial charge >= 0.3 is 0 Å². The predicted molar refractivity (Wildman–Crippen MR) is 125 cm³/mol. The number of carbonyl (C=O) groups is 1. The Morgan fingerprint density at radius 1 is 1.00 bits per heavy atom. The quantitative estimate of drug-likeness (QED) is 0.505. The Bertz CT molecular complexity index is 1170. The zero-order chi connectivity index (χ0) is 23.4. The first kappa shape index (κ1) is 24.7. The third-order valence-electron chi connectivity index (χ3n) is 5.69. The van der Waals surface area contributed by atoms with E-state index in [2.05, 4.69) is 10.0 Å². The first-order chi connectivity index (χ1) is 15.1. The van der Waals surface area contributed by atoms with Crippen molar-refractivity contribution in [2.75, 3.05) is 11.9 Å². The van der Waals surface area contributed by atoms with Crippen LogP contribution in [0.3, 0.4) is 0 Å². The van der Waals surface area contributed by atoms with E-state index in [4.69, 9.17) is 11.6 Å². The van der Waals surface area contributed by atoms with E-state index in [9.17, 15) is 21.6 Å². The molecular weight excluding hydrogens is 472 g/mol. The number of halogens is 1. The fourth-order valence-electron chi connectivity index (χ4n) is 3.86. The lowest BCUT2D eigenvalue weighted by atomic mass is 10.1. The molecule has 10 heteroatoms. The Labute approximate surface area is 194 Å². The zero-order valence-electron chi connectivity index (χ0n) is 17.8. The van der Waals surface area contributed by atoms with Gasteiger partial charge in [0.15, 0.2) is 14.6 Å². The number of rotatable bonds is 9. The minimum Gasteiger partial charge on any atom is -0.325 e. The van der Waals surface area contributed by atoms with Crippen molar-refractivity contribution in [1.82, 2.24) is 4.72 Å². The number of carbonyl (C=O) groups excluding carboxylic acids is 1. The van der Waals surface area contributed by atoms with E-state index < -0.39 is 30.5 Å². The Kier molecular flexibility index (Phi) is 7.65. The molecule has 0 saturated heterocycles. The minimum atomic E-state index is -3.99. The Balaban J connectivity index is 1.88. The molecule has 1 saturated carbocycles. The standard InChI is InChI=1S/C22H27ClN2O5S2/c1-2-3-15-24-32(29,30)20-8-6-7-18(16-20)25-21(26)22(13-4-5-14-22)31(27,28)19-11-9-17(23)10-12-19/h6-12,16,24H,2-5,13-15H2,1H3,(H,25,26). The number of anilines is 1. The molecule has 0 spiro atoms. The van der Waals surface area contributed by atoms with E-state index in [1.165, 1.54) is 42.5 Å². The highest BCUT2D eigenvalue weighted by Gasteiger charge is 2.53. The third-order valence-corrected chi connectivity index (χ3v) is 9.91. The number of amides is 1. The van der Waals surface area contributed by atoms with Gasteiger partial charge in [0.1, 0.15) is 0 Å². The fraction of sp³-hybridized carbons (Fsp3) is 0.409. The molecule has 0 unspecified atom stereocenters. The van der Waals surface area contributed by atoms with Gasteiger partial charge in [-0.15, -0.1) is 0 Å². The highest BCUT2D eigenvalue weighted by molar-refractivity contribution is 7.93. The Morgan fingerprint density at radius 2 is 1.66 bits per heavy atom. The largest absolute Gasteiger partial charge is 0.325 e. The van der Waals surface area contributed by atoms with Gasteiger partial charge in [0.2, 0.25) is 15.9 Å². The topological polar surface area (TPSA) is 109 Å². The first-order valence-corrected chi connectivity index (χ1v) is 13.9. The van der Waals surface area contributed by atoms with Gasteiger partial charge in [-0.1, -0.05) is 43.9 Å². The van der Waals surface area contributed by atoms with Gasteiger partial charge in [0, 0.05) is 17.3 Å². The highest BCUT2D eigenvalue weighted by atomic mass is 35.5. The van der Waals surface area contributed by atoms with Crippen LogP contribution in [0.4, 0.5) is 5.69 Å². The molecule has 1 amide bonds. The molecule has 2 N–H and O–H groups in total. The van der Waals surface area contributed by atoms with E-state index in [-0.39, 0.29) is 28.3 Å². The van der Waals surface area contributed by atoms with Gasteiger partial charge < -0.3 is 5.32 Å². The second-order valence-corrected chi connectivity index (χ2v) is 12.4. The average Bonchev–Trinajstić information content (AvgIpc) is 3.26. The molecule has 7 nitrogen and oxygen atoms in total. The van der Waals surface area contributed by atoms with Gasteiger partial charge in [-0.05, 0) is 61.7 Å². The summed E-state index contributed by atoms with van der Waals surface area (Å²) in [7, 11) is -7.72. The summed E-state index contributed by atoms with van der Waals surface area (Å²) < 4.78 is 52.8. The fourth-order valence-corrected chi connectivity index (χ4v) is 7.17. The van der Waals surface area contributed by atoms with Crippen LogP contribution < -0.4 is 10.0 Å². The van der Waals surface area contributed by atoms with E-state index in [0.717, 1.165) is 6.42 Å². The molecule has 0 bridgehead atoms. The van der Waals surface area contributed by atoms with Crippen LogP contribution in [0.2, 0.25) is 5.02 Å². The number of unbranched alkanes of at least 4 members (excludes halogenated alkanes) is 1. The smallest absolute Gasteiger partial charge is 0.246 e. The molecule has 1 fully saturated rings. The number of hydrogen-bond donors (Lipinski definition) is 2. The van der Waals surface area contributed by atoms with Crippen molar-refractivity contribution in [3.63, 3.8) is 0 Å². The number of sulfonamides is 1. The summed E-state index contributed by atoms with van der Waals surface area (Å²) in [5.41, 5.74) is 0.228. The van der Waals surface area contributed by atoms with Crippen molar-refractivity contribution in [3.8, 4) is 0 Å². The number of benzene rings is 2. The Hall–Kier alpha value is -1.94. The maximum absolute atomic E-state index is 13.5. The van der Waals surface area contributed by atoms with Crippen LogP contribution in [0.15, 0.2) is 58.3 Å². The number of sulfone groups is 1. The van der Waals surface area contributed by atoms with Crippen LogP contribution in [0.25, 0.3) is 0 Å². The second kappa shape index (κ2) is 9.91. The summed E-state index contributed by atoms with van der Waals surface area (Å²) in [6.07, 6.45) is 3.16. The maximum atomic E-state index is 13.5. The van der Waals surface area contributed by atoms with Crippen molar-refractivity contribution in [2.45, 2.75) is 60.0 Å². The molecule has 1 aliphatic rings. The molecule has 32 heavy (non-hydrogen) atoms. The van der Waals surface area contributed by atoms with Crippen molar-refractivity contribution < 1.29 is 21.6 Å². The highest BCUT2D eigenvalue weighted by Crippen LogP contribution is 2.41. The van der Waals surface area contributed by atoms with Crippen molar-refractivity contribution in [1.29, 1.82) is 0 Å². The lowest BCUT2D eigenvalue weighted by Gasteiger charge is -2.27. The minimum absolute atomic E-state index is 0.00688. The lowest BCUT2D eigenvalue weighted by Crippen LogP contribution is -2.47. The molecule has 0 aliphatic heterocycles. The van der Waals surface area contributed by atoms with Crippen LogP contribution in [-0.4, -0.2) is 34.0 Å². The van der Waals surface area contributed by atoms with Crippen LogP contribution >= 0.6 is 11.6 Å². The summed E-state index contributed by atoms with van der Waals surface area (Å²) in [4.78, 5) is 13.4. The average molecular weight is 499 g/mol. The van der Waals surface area contributed by atoms with Gasteiger partial charge in [0.25, 0.3) is 0 Å². The molecule has 0 aromatic heterocycles. The number of hydrogen-bond acceptors (Lipinski definition) is 5. The molecule has 1 aliphatic carbocycles. The Morgan fingerprint density at radius 3 is 2.28 bits per heavy atom. The summed E-state index contributed by atoms with van der Waals surface area (Å²) in [6.45, 7) is 2.28. The monoisotopic (exact) mass is 498 g/mol. The normalized spacial score (nSPS) is 16.1. The molecule has 2 aromatic rings. The van der Waals surface area contributed by atoms with Crippen LogP contribution in [0, 0.1) is 0 Å². The number of nitrogens with one attached hydrogen (secondary N) is 2. The summed E-state index contributed by atoms with van der Waals surface area (Å²) >= 11 is 5.89. The molecule has 2 aromatic carbocycles. The molecule has 0 atom stereocenters. The summed E-state index contributed by atoms with van der Waals surface area (Å²) in [5, 5.41) is 3.06. The van der Waals surface area contributed by atoms with Gasteiger partial charge in [-0.2, -0.15) is 0 Å². The van der Waals surface area contributed by atoms with Crippen LogP contribution in [0.1, 0.15) is 45.4 Å². The molecule has 0 heterocycles. The van der Waals surface area contributed by atoms with Crippen molar-refractivity contribution in [2.24, 2.45) is 0 Å². The van der Waals surface area contributed by atoms with Crippen molar-refractivity contribution >= 4 is 43.1 Å². The van der Waals surface area contributed by atoms with Crippen LogP contribution in [0.5, 0.6) is 0 Å². The van der Waals surface area contributed by atoms with Gasteiger partial charge in [-0.25, -0.2) is 21.6 Å². The SMILES string of the molecule is CCCCNS(=O)(=O)c1cccc(NC(=O)C2(S(=O)(=O)c3ccc(Cl)cc3)CCCC2)c1. The van der Waals surface area contributed by atoms with E-state index in [0.29, 0.717) is 30.8 Å². The lowest BCUT2D eigenvalue weighted by molar-refractivity contribution is -0.118. The van der Waals surface area contributed by atoms with E-state index in [1.807, 2.05) is 6.92 Å². The maximum Gasteiger partial charge on any atom is 0.246 e. The third kappa shape index (κ3) is 5.01. The predicted octanol–water partition coefficient (Wildman–Crippen LogP) is 4.14.